The van der Waals surface area contributed by atoms with Gasteiger partial charge in [0.15, 0.2) is 0 Å². The molecule has 1 fully saturated rings. The Morgan fingerprint density at radius 1 is 1.17 bits per heavy atom. The summed E-state index contributed by atoms with van der Waals surface area (Å²) in [6.07, 6.45) is 0.0837. The van der Waals surface area contributed by atoms with E-state index in [0.717, 1.165) is 16.9 Å². The number of nitrogens with zero attached hydrogens (tertiary/aromatic N) is 1. The molecule has 0 aliphatic carbocycles. The summed E-state index contributed by atoms with van der Waals surface area (Å²) < 4.78 is 11.2. The van der Waals surface area contributed by atoms with E-state index in [4.69, 9.17) is 9.47 Å². The van der Waals surface area contributed by atoms with Gasteiger partial charge in [-0.25, -0.2) is 0 Å². The van der Waals surface area contributed by atoms with Gasteiger partial charge in [-0.05, 0) is 37.1 Å². The van der Waals surface area contributed by atoms with Crippen molar-refractivity contribution in [2.24, 2.45) is 0 Å². The molecule has 0 saturated carbocycles. The maximum Gasteiger partial charge on any atom is 0.245 e. The zero-order valence-electron chi connectivity index (χ0n) is 17.0. The highest BCUT2D eigenvalue weighted by atomic mass is 16.5. The average Bonchev–Trinajstić information content (AvgIpc) is 2.75. The van der Waals surface area contributed by atoms with Crippen molar-refractivity contribution in [3.05, 3.63) is 65.7 Å². The van der Waals surface area contributed by atoms with E-state index in [1.807, 2.05) is 61.5 Å². The number of ether oxygens (including phenoxy) is 2. The molecule has 2 aromatic carbocycles. The van der Waals surface area contributed by atoms with Gasteiger partial charge in [0.05, 0.1) is 26.2 Å². The second-order valence-electron chi connectivity index (χ2n) is 7.10. The largest absolute Gasteiger partial charge is 0.494 e. The van der Waals surface area contributed by atoms with Crippen LogP contribution in [-0.4, -0.2) is 49.1 Å². The summed E-state index contributed by atoms with van der Waals surface area (Å²) in [5.41, 5.74) is 1.93. The molecular weight excluding hydrogens is 368 g/mol. The van der Waals surface area contributed by atoms with Crippen molar-refractivity contribution in [2.45, 2.75) is 32.4 Å². The van der Waals surface area contributed by atoms with Gasteiger partial charge < -0.3 is 19.7 Å². The molecule has 2 aromatic rings. The van der Waals surface area contributed by atoms with E-state index in [-0.39, 0.29) is 24.3 Å². The van der Waals surface area contributed by atoms with Gasteiger partial charge in [-0.3, -0.25) is 9.59 Å². The van der Waals surface area contributed by atoms with Crippen molar-refractivity contribution in [1.82, 2.24) is 10.2 Å². The smallest absolute Gasteiger partial charge is 0.245 e. The Hall–Kier alpha value is -2.86. The summed E-state index contributed by atoms with van der Waals surface area (Å²) in [6.45, 7) is 5.76. The highest BCUT2D eigenvalue weighted by Crippen LogP contribution is 2.22. The van der Waals surface area contributed by atoms with E-state index in [1.165, 1.54) is 0 Å². The Kier molecular flexibility index (Phi) is 7.25. The number of carbonyl (C=O) groups excluding carboxylic acids is 2. The van der Waals surface area contributed by atoms with Gasteiger partial charge in [0.25, 0.3) is 0 Å². The fourth-order valence-corrected chi connectivity index (χ4v) is 3.40. The SMILES string of the molecule is CCOc1ccc(CC(=O)N[C@@H](C)C(=O)N2CCOC(c3ccccc3)C2)cc1. The van der Waals surface area contributed by atoms with Gasteiger partial charge in [-0.1, -0.05) is 42.5 Å². The average molecular weight is 396 g/mol. The van der Waals surface area contributed by atoms with Gasteiger partial charge in [-0.15, -0.1) is 0 Å². The molecule has 3 rings (SSSR count). The molecule has 1 unspecified atom stereocenters. The minimum Gasteiger partial charge on any atom is -0.494 e. The summed E-state index contributed by atoms with van der Waals surface area (Å²) in [4.78, 5) is 27.0. The van der Waals surface area contributed by atoms with E-state index in [0.29, 0.717) is 26.3 Å². The first kappa shape index (κ1) is 20.9. The maximum atomic E-state index is 12.8. The van der Waals surface area contributed by atoms with Crippen LogP contribution in [-0.2, 0) is 20.7 Å². The molecule has 6 nitrogen and oxygen atoms in total. The molecule has 6 heteroatoms. The van der Waals surface area contributed by atoms with Crippen LogP contribution in [0.15, 0.2) is 54.6 Å². The topological polar surface area (TPSA) is 67.9 Å². The molecule has 1 aliphatic heterocycles. The quantitative estimate of drug-likeness (QED) is 0.781. The van der Waals surface area contributed by atoms with Gasteiger partial charge in [0, 0.05) is 6.54 Å². The van der Waals surface area contributed by atoms with Crippen LogP contribution < -0.4 is 10.1 Å². The van der Waals surface area contributed by atoms with Crippen molar-refractivity contribution in [1.29, 1.82) is 0 Å². The Morgan fingerprint density at radius 3 is 2.59 bits per heavy atom. The third-order valence-corrected chi connectivity index (χ3v) is 4.90. The van der Waals surface area contributed by atoms with Crippen molar-refractivity contribution in [3.8, 4) is 5.75 Å². The number of hydrogen-bond donors (Lipinski definition) is 1. The van der Waals surface area contributed by atoms with Gasteiger partial charge in [0.1, 0.15) is 17.9 Å². The maximum absolute atomic E-state index is 12.8. The number of amides is 2. The Balaban J connectivity index is 1.52. The van der Waals surface area contributed by atoms with Crippen LogP contribution in [0.3, 0.4) is 0 Å². The standard InChI is InChI=1S/C23H28N2O4/c1-3-28-20-11-9-18(10-12-20)15-22(26)24-17(2)23(27)25-13-14-29-21(16-25)19-7-5-4-6-8-19/h4-12,17,21H,3,13-16H2,1-2H3,(H,24,26)/t17-,21?/m0/s1. The summed E-state index contributed by atoms with van der Waals surface area (Å²) in [7, 11) is 0. The lowest BCUT2D eigenvalue weighted by Crippen LogP contribution is -2.51. The Labute approximate surface area is 171 Å². The van der Waals surface area contributed by atoms with E-state index in [1.54, 1.807) is 11.8 Å². The zero-order chi connectivity index (χ0) is 20.6. The molecule has 1 aliphatic rings. The van der Waals surface area contributed by atoms with Gasteiger partial charge >= 0.3 is 0 Å². The number of nitrogens with one attached hydrogen (secondary N) is 1. The first-order valence-electron chi connectivity index (χ1n) is 10.0. The highest BCUT2D eigenvalue weighted by Gasteiger charge is 2.28. The monoisotopic (exact) mass is 396 g/mol. The molecule has 1 N–H and O–H groups in total. The first-order valence-corrected chi connectivity index (χ1v) is 10.0. The summed E-state index contributed by atoms with van der Waals surface area (Å²) >= 11 is 0. The fourth-order valence-electron chi connectivity index (χ4n) is 3.40. The van der Waals surface area contributed by atoms with Gasteiger partial charge in [0.2, 0.25) is 11.8 Å². The number of hydrogen-bond acceptors (Lipinski definition) is 4. The van der Waals surface area contributed by atoms with Crippen LogP contribution >= 0.6 is 0 Å². The summed E-state index contributed by atoms with van der Waals surface area (Å²) in [6, 6.07) is 16.7. The number of morpholine rings is 1. The van der Waals surface area contributed by atoms with Crippen molar-refractivity contribution < 1.29 is 19.1 Å². The zero-order valence-corrected chi connectivity index (χ0v) is 17.0. The summed E-state index contributed by atoms with van der Waals surface area (Å²) in [5, 5.41) is 2.82. The second-order valence-corrected chi connectivity index (χ2v) is 7.10. The highest BCUT2D eigenvalue weighted by molar-refractivity contribution is 5.88. The minimum absolute atomic E-state index is 0.0886. The lowest BCUT2D eigenvalue weighted by Gasteiger charge is -2.34. The first-order chi connectivity index (χ1) is 14.1. The van der Waals surface area contributed by atoms with E-state index in [2.05, 4.69) is 5.32 Å². The lowest BCUT2D eigenvalue weighted by molar-refractivity contribution is -0.142. The second kappa shape index (κ2) is 10.1. The molecule has 29 heavy (non-hydrogen) atoms. The van der Waals surface area contributed by atoms with Crippen LogP contribution in [0.4, 0.5) is 0 Å². The van der Waals surface area contributed by atoms with E-state index >= 15 is 0 Å². The molecule has 0 radical (unpaired) electrons. The normalized spacial score (nSPS) is 17.4. The van der Waals surface area contributed by atoms with Crippen LogP contribution in [0.1, 0.15) is 31.1 Å². The molecular formula is C23H28N2O4. The third-order valence-electron chi connectivity index (χ3n) is 4.90. The van der Waals surface area contributed by atoms with Crippen molar-refractivity contribution in [2.75, 3.05) is 26.3 Å². The molecule has 0 aromatic heterocycles. The lowest BCUT2D eigenvalue weighted by atomic mass is 10.1. The third kappa shape index (κ3) is 5.81. The van der Waals surface area contributed by atoms with Crippen LogP contribution in [0.25, 0.3) is 0 Å². The number of carbonyl (C=O) groups is 2. The van der Waals surface area contributed by atoms with Crippen LogP contribution in [0.5, 0.6) is 5.75 Å². The van der Waals surface area contributed by atoms with E-state index < -0.39 is 6.04 Å². The fraction of sp³-hybridized carbons (Fsp3) is 0.391. The molecule has 0 bridgehead atoms. The van der Waals surface area contributed by atoms with Crippen molar-refractivity contribution >= 4 is 11.8 Å². The molecule has 1 saturated heterocycles. The Morgan fingerprint density at radius 2 is 1.90 bits per heavy atom. The van der Waals surface area contributed by atoms with Crippen LogP contribution in [0, 0.1) is 0 Å². The van der Waals surface area contributed by atoms with Crippen molar-refractivity contribution in [3.63, 3.8) is 0 Å². The molecule has 1 heterocycles. The summed E-state index contributed by atoms with van der Waals surface area (Å²) in [5.74, 6) is 0.512. The molecule has 154 valence electrons. The Bertz CT molecular complexity index is 807. The number of benzene rings is 2. The van der Waals surface area contributed by atoms with Crippen LogP contribution in [0.2, 0.25) is 0 Å². The number of rotatable bonds is 7. The molecule has 2 atom stereocenters. The minimum atomic E-state index is -0.584. The predicted molar refractivity (Wildman–Crippen MR) is 111 cm³/mol. The van der Waals surface area contributed by atoms with E-state index in [9.17, 15) is 9.59 Å². The molecule has 2 amide bonds. The predicted octanol–water partition coefficient (Wildman–Crippen LogP) is 2.73. The molecule has 0 spiro atoms. The van der Waals surface area contributed by atoms with Gasteiger partial charge in [-0.2, -0.15) is 0 Å².